The molecular formula is C22H25N7OS3. The average Bonchev–Trinajstić information content (AvgIpc) is 3.55. The molecule has 0 aromatic carbocycles. The number of anilines is 1. The number of aromatic nitrogens is 6. The first-order chi connectivity index (χ1) is 16.0. The molecule has 4 aromatic rings. The first kappa shape index (κ1) is 24.9. The van der Waals surface area contributed by atoms with Crippen LogP contribution in [0.5, 0.6) is 0 Å². The maximum atomic E-state index is 12.2. The number of hydrogen-bond acceptors (Lipinski definition) is 10. The molecule has 1 atom stereocenters. The van der Waals surface area contributed by atoms with Crippen LogP contribution in [-0.4, -0.2) is 55.3 Å². The molecule has 1 unspecified atom stereocenters. The van der Waals surface area contributed by atoms with E-state index in [-0.39, 0.29) is 11.8 Å². The molecule has 33 heavy (non-hydrogen) atoms. The fourth-order valence-corrected chi connectivity index (χ4v) is 4.92. The quantitative estimate of drug-likeness (QED) is 0.360. The summed E-state index contributed by atoms with van der Waals surface area (Å²) in [7, 11) is 1.74. The Bertz CT molecular complexity index is 1140. The van der Waals surface area contributed by atoms with Gasteiger partial charge in [-0.05, 0) is 36.9 Å². The van der Waals surface area contributed by atoms with E-state index in [4.69, 9.17) is 0 Å². The number of carbonyl (C=O) groups excluding carboxylic acids is 1. The van der Waals surface area contributed by atoms with Crippen molar-refractivity contribution in [2.24, 2.45) is 5.92 Å². The lowest BCUT2D eigenvalue weighted by molar-refractivity contribution is -0.120. The highest BCUT2D eigenvalue weighted by atomic mass is 32.2. The smallest absolute Gasteiger partial charge is 0.232 e. The fraction of sp³-hybridized carbons (Fsp3) is 0.318. The number of pyridine rings is 2. The second-order valence-corrected chi connectivity index (χ2v) is 9.91. The van der Waals surface area contributed by atoms with Crippen molar-refractivity contribution in [1.29, 1.82) is 0 Å². The van der Waals surface area contributed by atoms with Crippen LogP contribution in [0.1, 0.15) is 18.9 Å². The summed E-state index contributed by atoms with van der Waals surface area (Å²) in [6, 6.07) is 7.68. The molecular weight excluding hydrogens is 474 g/mol. The maximum absolute atomic E-state index is 12.2. The third-order valence-electron chi connectivity index (χ3n) is 4.46. The Morgan fingerprint density at radius 3 is 2.12 bits per heavy atom. The van der Waals surface area contributed by atoms with Gasteiger partial charge in [-0.25, -0.2) is 0 Å². The van der Waals surface area contributed by atoms with Crippen LogP contribution in [0.2, 0.25) is 0 Å². The van der Waals surface area contributed by atoms with Gasteiger partial charge in [0.05, 0.1) is 0 Å². The monoisotopic (exact) mass is 499 g/mol. The minimum atomic E-state index is -0.0271. The van der Waals surface area contributed by atoms with Gasteiger partial charge in [0.2, 0.25) is 11.0 Å². The molecule has 0 saturated heterocycles. The number of amides is 1. The van der Waals surface area contributed by atoms with Gasteiger partial charge in [-0.1, -0.05) is 36.5 Å². The molecule has 4 aromatic heterocycles. The second-order valence-electron chi connectivity index (χ2n) is 6.98. The standard InChI is InChI=1S/C13H16N4OS2.C9H9N3S/c1-9(8-19-3)12(18)17(2)13-16-15-11(20-13)10-5-4-6-14-7-10;1-2-8-11-12-9(13-8)7-4-3-5-10-6-7/h4-7,9H,8H2,1-3H3;3-6H,2H2,1H3. The number of carbonyl (C=O) groups is 1. The van der Waals surface area contributed by atoms with Crippen LogP contribution in [0.4, 0.5) is 5.13 Å². The number of nitrogens with zero attached hydrogens (tertiary/aromatic N) is 7. The molecule has 11 heteroatoms. The van der Waals surface area contributed by atoms with Crippen molar-refractivity contribution in [3.8, 4) is 21.1 Å². The lowest BCUT2D eigenvalue weighted by Crippen LogP contribution is -2.32. The summed E-state index contributed by atoms with van der Waals surface area (Å²) in [6.45, 7) is 4.01. The maximum Gasteiger partial charge on any atom is 0.232 e. The van der Waals surface area contributed by atoms with Crippen molar-refractivity contribution in [3.63, 3.8) is 0 Å². The van der Waals surface area contributed by atoms with Crippen LogP contribution in [0.25, 0.3) is 21.1 Å². The Morgan fingerprint density at radius 1 is 1.00 bits per heavy atom. The van der Waals surface area contributed by atoms with E-state index in [1.165, 1.54) is 11.3 Å². The molecule has 172 valence electrons. The van der Waals surface area contributed by atoms with E-state index in [0.29, 0.717) is 5.13 Å². The van der Waals surface area contributed by atoms with Crippen molar-refractivity contribution < 1.29 is 4.79 Å². The average molecular weight is 500 g/mol. The molecule has 0 saturated carbocycles. The highest BCUT2D eigenvalue weighted by Crippen LogP contribution is 2.28. The molecule has 0 bridgehead atoms. The predicted octanol–water partition coefficient (Wildman–Crippen LogP) is 4.72. The SMILES string of the molecule is CCc1nnc(-c2cccnc2)s1.CSCC(C)C(=O)N(C)c1nnc(-c2cccnc2)s1. The Balaban J connectivity index is 0.000000203. The second kappa shape index (κ2) is 12.5. The topological polar surface area (TPSA) is 97.7 Å². The summed E-state index contributed by atoms with van der Waals surface area (Å²) in [6.07, 6.45) is 9.95. The fourth-order valence-electron chi connectivity index (χ4n) is 2.71. The molecule has 0 fully saturated rings. The Morgan fingerprint density at radius 2 is 1.61 bits per heavy atom. The minimum absolute atomic E-state index is 0.0271. The number of thioether (sulfide) groups is 1. The molecule has 1 amide bonds. The molecule has 0 N–H and O–H groups in total. The third kappa shape index (κ3) is 6.86. The van der Waals surface area contributed by atoms with Crippen molar-refractivity contribution in [2.75, 3.05) is 24.0 Å². The summed E-state index contributed by atoms with van der Waals surface area (Å²) in [5.74, 6) is 0.839. The van der Waals surface area contributed by atoms with Gasteiger partial charge in [-0.3, -0.25) is 19.7 Å². The van der Waals surface area contributed by atoms with Crippen molar-refractivity contribution >= 4 is 45.5 Å². The molecule has 8 nitrogen and oxygen atoms in total. The molecule has 0 aliphatic heterocycles. The summed E-state index contributed by atoms with van der Waals surface area (Å²) in [4.78, 5) is 21.9. The van der Waals surface area contributed by atoms with Crippen LogP contribution in [0.3, 0.4) is 0 Å². The first-order valence-corrected chi connectivity index (χ1v) is 13.3. The van der Waals surface area contributed by atoms with Crippen LogP contribution < -0.4 is 4.90 Å². The lowest BCUT2D eigenvalue weighted by atomic mass is 10.2. The Labute approximate surface area is 205 Å². The normalized spacial score (nSPS) is 11.4. The van der Waals surface area contributed by atoms with Gasteiger partial charge in [0.25, 0.3) is 0 Å². The highest BCUT2D eigenvalue weighted by molar-refractivity contribution is 7.98. The Hall–Kier alpha value is -2.76. The zero-order valence-electron chi connectivity index (χ0n) is 18.9. The number of aryl methyl sites for hydroxylation is 1. The van der Waals surface area contributed by atoms with E-state index in [0.717, 1.165) is 38.3 Å². The van der Waals surface area contributed by atoms with Gasteiger partial charge >= 0.3 is 0 Å². The molecule has 4 rings (SSSR count). The van der Waals surface area contributed by atoms with E-state index in [2.05, 4.69) is 37.3 Å². The van der Waals surface area contributed by atoms with Crippen LogP contribution >= 0.6 is 34.4 Å². The summed E-state index contributed by atoms with van der Waals surface area (Å²) < 4.78 is 0. The molecule has 0 aliphatic carbocycles. The van der Waals surface area contributed by atoms with E-state index >= 15 is 0 Å². The number of hydrogen-bond donors (Lipinski definition) is 0. The van der Waals surface area contributed by atoms with E-state index < -0.39 is 0 Å². The molecule has 0 spiro atoms. The van der Waals surface area contributed by atoms with Gasteiger partial charge in [0.1, 0.15) is 10.0 Å². The Kier molecular flexibility index (Phi) is 9.40. The minimum Gasteiger partial charge on any atom is -0.290 e. The van der Waals surface area contributed by atoms with Gasteiger partial charge in [-0.2, -0.15) is 11.8 Å². The van der Waals surface area contributed by atoms with Gasteiger partial charge < -0.3 is 0 Å². The predicted molar refractivity (Wildman–Crippen MR) is 137 cm³/mol. The largest absolute Gasteiger partial charge is 0.290 e. The summed E-state index contributed by atoms with van der Waals surface area (Å²) in [5.41, 5.74) is 1.95. The van der Waals surface area contributed by atoms with Crippen molar-refractivity contribution in [1.82, 2.24) is 30.4 Å². The summed E-state index contributed by atoms with van der Waals surface area (Å²) in [5, 5.41) is 19.8. The van der Waals surface area contributed by atoms with E-state index in [9.17, 15) is 4.79 Å². The van der Waals surface area contributed by atoms with Crippen molar-refractivity contribution in [3.05, 3.63) is 54.1 Å². The summed E-state index contributed by atoms with van der Waals surface area (Å²) >= 11 is 4.68. The van der Waals surface area contributed by atoms with Crippen LogP contribution in [0.15, 0.2) is 49.1 Å². The van der Waals surface area contributed by atoms with Crippen molar-refractivity contribution in [2.45, 2.75) is 20.3 Å². The number of rotatable bonds is 7. The van der Waals surface area contributed by atoms with Gasteiger partial charge in [-0.15, -0.1) is 20.4 Å². The zero-order chi connectivity index (χ0) is 23.6. The first-order valence-electron chi connectivity index (χ1n) is 10.3. The highest BCUT2D eigenvalue weighted by Gasteiger charge is 2.21. The van der Waals surface area contributed by atoms with Gasteiger partial charge in [0.15, 0.2) is 5.01 Å². The molecule has 0 aliphatic rings. The lowest BCUT2D eigenvalue weighted by Gasteiger charge is -2.17. The third-order valence-corrected chi connectivity index (χ3v) is 7.46. The van der Waals surface area contributed by atoms with E-state index in [1.807, 2.05) is 37.4 Å². The molecule has 4 heterocycles. The zero-order valence-corrected chi connectivity index (χ0v) is 21.3. The van der Waals surface area contributed by atoms with E-state index in [1.54, 1.807) is 59.8 Å². The van der Waals surface area contributed by atoms with Crippen LogP contribution in [-0.2, 0) is 11.2 Å². The van der Waals surface area contributed by atoms with Crippen LogP contribution in [0, 0.1) is 5.92 Å². The van der Waals surface area contributed by atoms with Gasteiger partial charge in [0, 0.05) is 54.6 Å². The molecule has 0 radical (unpaired) electrons.